The minimum Gasteiger partial charge on any atom is -0.382 e. The van der Waals surface area contributed by atoms with Gasteiger partial charge in [-0.05, 0) is 18.4 Å². The summed E-state index contributed by atoms with van der Waals surface area (Å²) in [5.74, 6) is 1.29. The first-order chi connectivity index (χ1) is 9.75. The molecule has 1 fully saturated rings. The standard InChI is InChI=1S/C16H20ClN3/c17-13-9-5-4-8-12(13)15-14(19-20-16(15)18)10-11-6-2-1-3-7-11/h4-5,8-9,11H,1-3,6-7,10H2,(H3,18,19,20). The Balaban J connectivity index is 1.91. The third kappa shape index (κ3) is 2.68. The zero-order chi connectivity index (χ0) is 13.9. The van der Waals surface area contributed by atoms with Crippen molar-refractivity contribution in [2.24, 2.45) is 5.92 Å². The number of aromatic nitrogens is 2. The zero-order valence-electron chi connectivity index (χ0n) is 11.5. The van der Waals surface area contributed by atoms with E-state index in [1.165, 1.54) is 32.1 Å². The topological polar surface area (TPSA) is 54.7 Å². The Bertz CT molecular complexity index is 585. The molecule has 1 aliphatic carbocycles. The van der Waals surface area contributed by atoms with Crippen LogP contribution >= 0.6 is 11.6 Å². The number of aromatic amines is 1. The SMILES string of the molecule is Nc1n[nH]c(CC2CCCCC2)c1-c1ccccc1Cl. The number of hydrogen-bond acceptors (Lipinski definition) is 2. The number of nitrogens with one attached hydrogen (secondary N) is 1. The van der Waals surface area contributed by atoms with Crippen LogP contribution in [0, 0.1) is 5.92 Å². The van der Waals surface area contributed by atoms with Gasteiger partial charge < -0.3 is 5.73 Å². The second-order valence-corrected chi connectivity index (χ2v) is 6.06. The molecule has 0 spiro atoms. The third-order valence-corrected chi connectivity index (χ3v) is 4.56. The van der Waals surface area contributed by atoms with Crippen molar-refractivity contribution in [3.05, 3.63) is 35.0 Å². The van der Waals surface area contributed by atoms with E-state index in [0.717, 1.165) is 34.2 Å². The van der Waals surface area contributed by atoms with Crippen LogP contribution in [-0.2, 0) is 6.42 Å². The van der Waals surface area contributed by atoms with E-state index in [2.05, 4.69) is 10.2 Å². The zero-order valence-corrected chi connectivity index (χ0v) is 12.3. The van der Waals surface area contributed by atoms with Gasteiger partial charge in [-0.1, -0.05) is 61.9 Å². The largest absolute Gasteiger partial charge is 0.382 e. The van der Waals surface area contributed by atoms with Gasteiger partial charge in [-0.15, -0.1) is 0 Å². The molecule has 4 heteroatoms. The highest BCUT2D eigenvalue weighted by Crippen LogP contribution is 2.36. The molecule has 2 aromatic rings. The van der Waals surface area contributed by atoms with Crippen LogP contribution in [0.1, 0.15) is 37.8 Å². The van der Waals surface area contributed by atoms with Crippen LogP contribution in [0.4, 0.5) is 5.82 Å². The average molecular weight is 290 g/mol. The minimum absolute atomic E-state index is 0.545. The fraction of sp³-hybridized carbons (Fsp3) is 0.438. The highest BCUT2D eigenvalue weighted by molar-refractivity contribution is 6.33. The van der Waals surface area contributed by atoms with Crippen LogP contribution in [-0.4, -0.2) is 10.2 Å². The van der Waals surface area contributed by atoms with Crippen molar-refractivity contribution in [3.8, 4) is 11.1 Å². The van der Waals surface area contributed by atoms with Crippen LogP contribution in [0.2, 0.25) is 5.02 Å². The van der Waals surface area contributed by atoms with Crippen molar-refractivity contribution < 1.29 is 0 Å². The summed E-state index contributed by atoms with van der Waals surface area (Å²) >= 11 is 6.31. The first-order valence-electron chi connectivity index (χ1n) is 7.33. The van der Waals surface area contributed by atoms with Gasteiger partial charge in [0.2, 0.25) is 0 Å². The smallest absolute Gasteiger partial charge is 0.153 e. The van der Waals surface area contributed by atoms with Crippen molar-refractivity contribution in [1.82, 2.24) is 10.2 Å². The van der Waals surface area contributed by atoms with Crippen molar-refractivity contribution in [3.63, 3.8) is 0 Å². The number of halogens is 1. The number of nitrogens with two attached hydrogens (primary N) is 1. The molecule has 0 saturated heterocycles. The molecule has 20 heavy (non-hydrogen) atoms. The highest BCUT2D eigenvalue weighted by Gasteiger charge is 2.20. The fourth-order valence-corrected chi connectivity index (χ4v) is 3.42. The quantitative estimate of drug-likeness (QED) is 0.878. The molecule has 0 amide bonds. The molecule has 0 unspecified atom stereocenters. The number of nitrogens with zero attached hydrogens (tertiary/aromatic N) is 1. The van der Waals surface area contributed by atoms with Crippen LogP contribution in [0.3, 0.4) is 0 Å². The van der Waals surface area contributed by atoms with Gasteiger partial charge in [0.25, 0.3) is 0 Å². The van der Waals surface area contributed by atoms with Gasteiger partial charge in [-0.25, -0.2) is 0 Å². The lowest BCUT2D eigenvalue weighted by atomic mass is 9.85. The van der Waals surface area contributed by atoms with Crippen LogP contribution in [0.5, 0.6) is 0 Å². The minimum atomic E-state index is 0.545. The van der Waals surface area contributed by atoms with E-state index in [1.54, 1.807) is 0 Å². The molecule has 0 aliphatic heterocycles. The molecule has 1 aliphatic rings. The van der Waals surface area contributed by atoms with Gasteiger partial charge in [0.05, 0.1) is 0 Å². The molecule has 1 aromatic carbocycles. The Labute approximate surface area is 124 Å². The van der Waals surface area contributed by atoms with Crippen molar-refractivity contribution in [1.29, 1.82) is 0 Å². The van der Waals surface area contributed by atoms with E-state index in [4.69, 9.17) is 17.3 Å². The summed E-state index contributed by atoms with van der Waals surface area (Å²) < 4.78 is 0. The number of benzene rings is 1. The first-order valence-corrected chi connectivity index (χ1v) is 7.71. The second kappa shape index (κ2) is 5.88. The number of hydrogen-bond donors (Lipinski definition) is 2. The molecule has 1 aromatic heterocycles. The van der Waals surface area contributed by atoms with E-state index < -0.39 is 0 Å². The fourth-order valence-electron chi connectivity index (χ4n) is 3.19. The Kier molecular flexibility index (Phi) is 3.97. The summed E-state index contributed by atoms with van der Waals surface area (Å²) in [6.45, 7) is 0. The molecular weight excluding hydrogens is 270 g/mol. The lowest BCUT2D eigenvalue weighted by molar-refractivity contribution is 0.354. The Morgan fingerprint density at radius 3 is 2.70 bits per heavy atom. The summed E-state index contributed by atoms with van der Waals surface area (Å²) in [4.78, 5) is 0. The van der Waals surface area contributed by atoms with E-state index in [1.807, 2.05) is 24.3 Å². The van der Waals surface area contributed by atoms with Crippen molar-refractivity contribution in [2.45, 2.75) is 38.5 Å². The molecule has 3 rings (SSSR count). The molecule has 3 nitrogen and oxygen atoms in total. The van der Waals surface area contributed by atoms with Crippen LogP contribution < -0.4 is 5.73 Å². The predicted molar refractivity (Wildman–Crippen MR) is 83.7 cm³/mol. The maximum Gasteiger partial charge on any atom is 0.153 e. The van der Waals surface area contributed by atoms with Crippen LogP contribution in [0.25, 0.3) is 11.1 Å². The van der Waals surface area contributed by atoms with Gasteiger partial charge >= 0.3 is 0 Å². The van der Waals surface area contributed by atoms with Crippen molar-refractivity contribution >= 4 is 17.4 Å². The number of anilines is 1. The van der Waals surface area contributed by atoms with E-state index in [0.29, 0.717) is 5.82 Å². The summed E-state index contributed by atoms with van der Waals surface area (Å²) in [6, 6.07) is 7.82. The van der Waals surface area contributed by atoms with Gasteiger partial charge in [0.15, 0.2) is 5.82 Å². The molecule has 3 N–H and O–H groups in total. The van der Waals surface area contributed by atoms with Gasteiger partial charge in [0.1, 0.15) is 0 Å². The Hall–Kier alpha value is -1.48. The Morgan fingerprint density at radius 1 is 1.20 bits per heavy atom. The molecule has 106 valence electrons. The summed E-state index contributed by atoms with van der Waals surface area (Å²) in [5, 5.41) is 8.03. The summed E-state index contributed by atoms with van der Waals surface area (Å²) in [7, 11) is 0. The van der Waals surface area contributed by atoms with Gasteiger partial charge in [-0.2, -0.15) is 5.10 Å². The first kappa shape index (κ1) is 13.5. The maximum atomic E-state index is 6.31. The molecule has 0 bridgehead atoms. The molecule has 1 saturated carbocycles. The number of H-pyrrole nitrogens is 1. The van der Waals surface area contributed by atoms with E-state index >= 15 is 0 Å². The molecule has 0 radical (unpaired) electrons. The monoisotopic (exact) mass is 289 g/mol. The van der Waals surface area contributed by atoms with Gasteiger partial charge in [0, 0.05) is 21.8 Å². The molecule has 1 heterocycles. The lowest BCUT2D eigenvalue weighted by Gasteiger charge is -2.21. The predicted octanol–water partition coefficient (Wildman–Crippen LogP) is 4.44. The number of nitrogen functional groups attached to an aromatic ring is 1. The summed E-state index contributed by atoms with van der Waals surface area (Å²) in [5.41, 5.74) is 9.14. The average Bonchev–Trinajstić information content (AvgIpc) is 2.82. The van der Waals surface area contributed by atoms with Gasteiger partial charge in [-0.3, -0.25) is 5.10 Å². The maximum absolute atomic E-state index is 6.31. The third-order valence-electron chi connectivity index (χ3n) is 4.23. The highest BCUT2D eigenvalue weighted by atomic mass is 35.5. The molecule has 0 atom stereocenters. The normalized spacial score (nSPS) is 16.4. The number of rotatable bonds is 3. The lowest BCUT2D eigenvalue weighted by Crippen LogP contribution is -2.10. The Morgan fingerprint density at radius 2 is 1.95 bits per heavy atom. The van der Waals surface area contributed by atoms with E-state index in [9.17, 15) is 0 Å². The second-order valence-electron chi connectivity index (χ2n) is 5.65. The van der Waals surface area contributed by atoms with Crippen molar-refractivity contribution in [2.75, 3.05) is 5.73 Å². The molecular formula is C16H20ClN3. The summed E-state index contributed by atoms with van der Waals surface area (Å²) in [6.07, 6.45) is 7.69. The van der Waals surface area contributed by atoms with Crippen LogP contribution in [0.15, 0.2) is 24.3 Å². The van der Waals surface area contributed by atoms with E-state index in [-0.39, 0.29) is 0 Å².